The number of benzene rings is 2. The number of hydrogen-bond donors (Lipinski definition) is 0. The number of rotatable bonds is 4. The maximum atomic E-state index is 13.4. The molecule has 2 aromatic carbocycles. The Labute approximate surface area is 160 Å². The highest BCUT2D eigenvalue weighted by molar-refractivity contribution is 7.89. The summed E-state index contributed by atoms with van der Waals surface area (Å²) in [5, 5.41) is 11.5. The van der Waals surface area contributed by atoms with Crippen molar-refractivity contribution in [3.05, 3.63) is 76.2 Å². The van der Waals surface area contributed by atoms with Crippen LogP contribution in [0.25, 0.3) is 10.9 Å². The molecule has 2 heterocycles. The van der Waals surface area contributed by atoms with Gasteiger partial charge in [-0.3, -0.25) is 15.1 Å². The lowest BCUT2D eigenvalue weighted by Crippen LogP contribution is -2.31. The zero-order valence-corrected chi connectivity index (χ0v) is 15.5. The highest BCUT2D eigenvalue weighted by atomic mass is 32.2. The second-order valence-corrected chi connectivity index (χ2v) is 8.42. The zero-order chi connectivity index (χ0) is 19.9. The smallest absolute Gasteiger partial charge is 0.258 e. The first kappa shape index (κ1) is 18.5. The molecule has 4 rings (SSSR count). The van der Waals surface area contributed by atoms with Crippen LogP contribution in [0.2, 0.25) is 0 Å². The Kier molecular flexibility index (Phi) is 4.56. The van der Waals surface area contributed by atoms with E-state index in [4.69, 9.17) is 0 Å². The second kappa shape index (κ2) is 6.92. The number of nitro benzene ring substituents is 1. The van der Waals surface area contributed by atoms with Crippen LogP contribution in [0.1, 0.15) is 24.4 Å². The molecule has 0 amide bonds. The van der Waals surface area contributed by atoms with E-state index >= 15 is 0 Å². The van der Waals surface area contributed by atoms with Gasteiger partial charge in [0, 0.05) is 18.8 Å². The minimum Gasteiger partial charge on any atom is -0.258 e. The van der Waals surface area contributed by atoms with Crippen molar-refractivity contribution in [1.29, 1.82) is 0 Å². The SMILES string of the molecule is O=[N+]([O-])c1ccc(S(=O)(=O)N2CCC[C@@H]2c2ccc(F)cc2)c2ncccc12. The minimum absolute atomic E-state index is 0.0669. The maximum absolute atomic E-state index is 13.4. The molecule has 9 heteroatoms. The fourth-order valence-corrected chi connectivity index (χ4v) is 5.50. The molecule has 1 saturated heterocycles. The number of nitro groups is 1. The van der Waals surface area contributed by atoms with Crippen molar-refractivity contribution in [3.63, 3.8) is 0 Å². The first-order chi connectivity index (χ1) is 13.4. The van der Waals surface area contributed by atoms with Crippen molar-refractivity contribution >= 4 is 26.6 Å². The van der Waals surface area contributed by atoms with E-state index in [0.29, 0.717) is 24.9 Å². The lowest BCUT2D eigenvalue weighted by Gasteiger charge is -2.25. The number of pyridine rings is 1. The highest BCUT2D eigenvalue weighted by Crippen LogP contribution is 2.39. The molecule has 1 fully saturated rings. The molecule has 28 heavy (non-hydrogen) atoms. The molecule has 0 aliphatic carbocycles. The van der Waals surface area contributed by atoms with E-state index < -0.39 is 21.0 Å². The summed E-state index contributed by atoms with van der Waals surface area (Å²) in [6.45, 7) is 0.315. The molecule has 0 radical (unpaired) electrons. The van der Waals surface area contributed by atoms with Gasteiger partial charge in [-0.2, -0.15) is 4.31 Å². The average molecular weight is 401 g/mol. The topological polar surface area (TPSA) is 93.4 Å². The van der Waals surface area contributed by atoms with Crippen molar-refractivity contribution in [2.45, 2.75) is 23.8 Å². The van der Waals surface area contributed by atoms with E-state index in [2.05, 4.69) is 4.98 Å². The van der Waals surface area contributed by atoms with Crippen molar-refractivity contribution in [3.8, 4) is 0 Å². The van der Waals surface area contributed by atoms with Crippen LogP contribution in [0.5, 0.6) is 0 Å². The van der Waals surface area contributed by atoms with Crippen LogP contribution >= 0.6 is 0 Å². The van der Waals surface area contributed by atoms with Crippen LogP contribution in [0.3, 0.4) is 0 Å². The maximum Gasteiger partial charge on any atom is 0.278 e. The standard InChI is InChI=1S/C19H16FN3O4S/c20-14-7-5-13(6-8-14)16-4-2-12-22(16)28(26,27)18-10-9-17(23(24)25)15-3-1-11-21-19(15)18/h1,3,5-11,16H,2,4,12H2/t16-/m1/s1. The van der Waals surface area contributed by atoms with Gasteiger partial charge in [-0.15, -0.1) is 0 Å². The zero-order valence-electron chi connectivity index (χ0n) is 14.7. The molecular weight excluding hydrogens is 385 g/mol. The summed E-state index contributed by atoms with van der Waals surface area (Å²) in [5.74, 6) is -0.387. The van der Waals surface area contributed by atoms with Crippen LogP contribution in [-0.4, -0.2) is 29.2 Å². The summed E-state index contributed by atoms with van der Waals surface area (Å²) in [6, 6.07) is 10.8. The molecule has 1 atom stereocenters. The molecule has 0 N–H and O–H groups in total. The molecule has 7 nitrogen and oxygen atoms in total. The molecule has 0 bridgehead atoms. The third-order valence-electron chi connectivity index (χ3n) is 4.95. The Hall–Kier alpha value is -2.91. The van der Waals surface area contributed by atoms with Gasteiger partial charge < -0.3 is 0 Å². The summed E-state index contributed by atoms with van der Waals surface area (Å²) < 4.78 is 41.5. The monoisotopic (exact) mass is 401 g/mol. The van der Waals surface area contributed by atoms with Gasteiger partial charge >= 0.3 is 0 Å². The first-order valence-electron chi connectivity index (χ1n) is 8.69. The third-order valence-corrected chi connectivity index (χ3v) is 6.89. The summed E-state index contributed by atoms with van der Waals surface area (Å²) in [4.78, 5) is 14.8. The van der Waals surface area contributed by atoms with Gasteiger partial charge in [0.2, 0.25) is 10.0 Å². The molecule has 0 spiro atoms. The summed E-state index contributed by atoms with van der Waals surface area (Å²) >= 11 is 0. The number of hydrogen-bond acceptors (Lipinski definition) is 5. The van der Waals surface area contributed by atoms with Gasteiger partial charge in [0.1, 0.15) is 10.7 Å². The van der Waals surface area contributed by atoms with Gasteiger partial charge in [-0.05, 0) is 48.7 Å². The lowest BCUT2D eigenvalue weighted by atomic mass is 10.1. The Morgan fingerprint density at radius 1 is 1.14 bits per heavy atom. The van der Waals surface area contributed by atoms with Crippen LogP contribution < -0.4 is 0 Å². The Morgan fingerprint density at radius 2 is 1.89 bits per heavy atom. The van der Waals surface area contributed by atoms with E-state index in [1.807, 2.05) is 0 Å². The molecule has 3 aromatic rings. The Bertz CT molecular complexity index is 1170. The molecule has 1 aliphatic heterocycles. The number of fused-ring (bicyclic) bond motifs is 1. The molecular formula is C19H16FN3O4S. The van der Waals surface area contributed by atoms with Crippen molar-refractivity contribution in [2.24, 2.45) is 0 Å². The Balaban J connectivity index is 1.83. The second-order valence-electron chi connectivity index (χ2n) is 6.56. The first-order valence-corrected chi connectivity index (χ1v) is 10.1. The van der Waals surface area contributed by atoms with Crippen LogP contribution in [0.15, 0.2) is 59.6 Å². The number of halogens is 1. The fourth-order valence-electron chi connectivity index (χ4n) is 3.67. The fraction of sp³-hybridized carbons (Fsp3) is 0.211. The largest absolute Gasteiger partial charge is 0.278 e. The Morgan fingerprint density at radius 3 is 2.61 bits per heavy atom. The quantitative estimate of drug-likeness (QED) is 0.490. The minimum atomic E-state index is -3.96. The third kappa shape index (κ3) is 3.02. The highest BCUT2D eigenvalue weighted by Gasteiger charge is 2.37. The van der Waals surface area contributed by atoms with Crippen LogP contribution in [0, 0.1) is 15.9 Å². The molecule has 144 valence electrons. The molecule has 0 saturated carbocycles. The van der Waals surface area contributed by atoms with E-state index in [1.165, 1.54) is 46.9 Å². The van der Waals surface area contributed by atoms with E-state index in [-0.39, 0.29) is 27.3 Å². The predicted octanol–water partition coefficient (Wildman–Crippen LogP) is 3.81. The van der Waals surface area contributed by atoms with Crippen LogP contribution in [0.4, 0.5) is 10.1 Å². The number of nitrogens with zero attached hydrogens (tertiary/aromatic N) is 3. The molecule has 0 unspecified atom stereocenters. The molecule has 1 aliphatic rings. The van der Waals surface area contributed by atoms with Gasteiger partial charge in [0.25, 0.3) is 5.69 Å². The van der Waals surface area contributed by atoms with Crippen molar-refractivity contribution in [1.82, 2.24) is 9.29 Å². The van der Waals surface area contributed by atoms with Crippen LogP contribution in [-0.2, 0) is 10.0 Å². The average Bonchev–Trinajstić information content (AvgIpc) is 3.18. The normalized spacial score (nSPS) is 17.8. The molecule has 1 aromatic heterocycles. The number of sulfonamides is 1. The van der Waals surface area contributed by atoms with Gasteiger partial charge in [0.15, 0.2) is 0 Å². The van der Waals surface area contributed by atoms with E-state index in [0.717, 1.165) is 0 Å². The number of non-ortho nitro benzene ring substituents is 1. The van der Waals surface area contributed by atoms with E-state index in [1.54, 1.807) is 12.1 Å². The van der Waals surface area contributed by atoms with Crippen molar-refractivity contribution < 1.29 is 17.7 Å². The summed E-state index contributed by atoms with van der Waals surface area (Å²) in [5.41, 5.74) is 0.585. The summed E-state index contributed by atoms with van der Waals surface area (Å²) in [7, 11) is -3.96. The van der Waals surface area contributed by atoms with E-state index in [9.17, 15) is 22.9 Å². The van der Waals surface area contributed by atoms with Crippen molar-refractivity contribution in [2.75, 3.05) is 6.54 Å². The number of aromatic nitrogens is 1. The van der Waals surface area contributed by atoms with Gasteiger partial charge in [-0.25, -0.2) is 12.8 Å². The summed E-state index contributed by atoms with van der Waals surface area (Å²) in [6.07, 6.45) is 2.69. The predicted molar refractivity (Wildman–Crippen MR) is 101 cm³/mol. The van der Waals surface area contributed by atoms with Gasteiger partial charge in [0.05, 0.1) is 21.9 Å². The van der Waals surface area contributed by atoms with Gasteiger partial charge in [-0.1, -0.05) is 12.1 Å². The lowest BCUT2D eigenvalue weighted by molar-refractivity contribution is -0.383.